The minimum absolute atomic E-state index is 0.494. The minimum Gasteiger partial charge on any atom is -0.481 e. The second-order valence-electron chi connectivity index (χ2n) is 7.67. The summed E-state index contributed by atoms with van der Waals surface area (Å²) in [5.74, 6) is -1.23. The molecule has 0 saturated carbocycles. The summed E-state index contributed by atoms with van der Waals surface area (Å²) in [6.45, 7) is 6.42. The van der Waals surface area contributed by atoms with E-state index in [1.165, 1.54) is 24.0 Å². The zero-order valence-electron chi connectivity index (χ0n) is 17.2. The quantitative estimate of drug-likeness (QED) is 0.455. The summed E-state index contributed by atoms with van der Waals surface area (Å²) < 4.78 is 0. The largest absolute Gasteiger partial charge is 0.481 e. The molecule has 0 aliphatic rings. The van der Waals surface area contributed by atoms with Crippen LogP contribution in [0.3, 0.4) is 0 Å². The van der Waals surface area contributed by atoms with Gasteiger partial charge in [0.05, 0.1) is 5.92 Å². The summed E-state index contributed by atoms with van der Waals surface area (Å²) in [4.78, 5) is 12.2. The molecule has 2 nitrogen and oxygen atoms in total. The number of hydrogen-bond acceptors (Lipinski definition) is 1. The molecule has 0 saturated heterocycles. The van der Waals surface area contributed by atoms with Crippen molar-refractivity contribution in [3.8, 4) is 11.1 Å². The third-order valence-electron chi connectivity index (χ3n) is 5.65. The first-order valence-electron chi connectivity index (χ1n) is 10.4. The molecule has 2 heteroatoms. The fraction of sp³-hybridized carbons (Fsp3) is 0.346. The Morgan fingerprint density at radius 2 is 1.79 bits per heavy atom. The van der Waals surface area contributed by atoms with Crippen molar-refractivity contribution in [2.75, 3.05) is 0 Å². The van der Waals surface area contributed by atoms with E-state index in [9.17, 15) is 9.90 Å². The predicted octanol–water partition coefficient (Wildman–Crippen LogP) is 7.13. The van der Waals surface area contributed by atoms with Crippen molar-refractivity contribution < 1.29 is 9.90 Å². The number of hydrogen-bond donors (Lipinski definition) is 1. The number of benzene rings is 3. The summed E-state index contributed by atoms with van der Waals surface area (Å²) >= 11 is 0. The van der Waals surface area contributed by atoms with Gasteiger partial charge in [0, 0.05) is 0 Å². The molecule has 0 aliphatic carbocycles. The topological polar surface area (TPSA) is 37.3 Å². The maximum absolute atomic E-state index is 12.2. The van der Waals surface area contributed by atoms with Crippen LogP contribution in [0.25, 0.3) is 21.9 Å². The average Bonchev–Trinajstić information content (AvgIpc) is 2.70. The highest BCUT2D eigenvalue weighted by molar-refractivity contribution is 5.96. The first-order chi connectivity index (χ1) is 13.6. The van der Waals surface area contributed by atoms with Crippen molar-refractivity contribution in [1.29, 1.82) is 0 Å². The molecule has 0 bridgehead atoms. The van der Waals surface area contributed by atoms with E-state index in [2.05, 4.69) is 63.2 Å². The number of carbonyl (C=O) groups is 1. The molecule has 3 aromatic rings. The summed E-state index contributed by atoms with van der Waals surface area (Å²) in [7, 11) is 0. The zero-order chi connectivity index (χ0) is 20.1. The molecular weight excluding hydrogens is 344 g/mol. The van der Waals surface area contributed by atoms with Gasteiger partial charge in [0.25, 0.3) is 0 Å². The maximum atomic E-state index is 12.2. The van der Waals surface area contributed by atoms with E-state index in [1.807, 2.05) is 12.1 Å². The average molecular weight is 375 g/mol. The Hall–Kier alpha value is -2.61. The standard InChI is InChI=1S/C26H30O2/c1-4-6-10-20-17-21(14-13-18(20)3)23-16-15-19-11-7-8-12-22(19)25(23)24(9-5-2)26(27)28/h7-8,11-17,24H,4-6,9-10H2,1-3H3,(H,27,28). The van der Waals surface area contributed by atoms with Gasteiger partial charge in [-0.1, -0.05) is 81.3 Å². The molecule has 1 N–H and O–H groups in total. The third-order valence-corrected chi connectivity index (χ3v) is 5.65. The Morgan fingerprint density at radius 3 is 2.50 bits per heavy atom. The summed E-state index contributed by atoms with van der Waals surface area (Å²) in [5, 5.41) is 12.2. The van der Waals surface area contributed by atoms with Crippen LogP contribution in [0.4, 0.5) is 0 Å². The van der Waals surface area contributed by atoms with Gasteiger partial charge in [0.1, 0.15) is 0 Å². The van der Waals surface area contributed by atoms with Gasteiger partial charge in [-0.15, -0.1) is 0 Å². The molecule has 0 fully saturated rings. The molecule has 0 spiro atoms. The molecule has 0 heterocycles. The summed E-state index contributed by atoms with van der Waals surface area (Å²) in [5.41, 5.74) is 5.80. The summed E-state index contributed by atoms with van der Waals surface area (Å²) in [6, 6.07) is 18.9. The van der Waals surface area contributed by atoms with Crippen molar-refractivity contribution in [3.05, 3.63) is 71.3 Å². The van der Waals surface area contributed by atoms with Crippen molar-refractivity contribution in [2.24, 2.45) is 0 Å². The van der Waals surface area contributed by atoms with Crippen LogP contribution < -0.4 is 0 Å². The Morgan fingerprint density at radius 1 is 1.00 bits per heavy atom. The van der Waals surface area contributed by atoms with Crippen LogP contribution >= 0.6 is 0 Å². The van der Waals surface area contributed by atoms with Crippen LogP contribution in [-0.4, -0.2) is 11.1 Å². The van der Waals surface area contributed by atoms with Crippen LogP contribution in [-0.2, 0) is 11.2 Å². The number of unbranched alkanes of at least 4 members (excludes halogenated alkanes) is 1. The molecule has 28 heavy (non-hydrogen) atoms. The van der Waals surface area contributed by atoms with Gasteiger partial charge < -0.3 is 5.11 Å². The second kappa shape index (κ2) is 9.05. The van der Waals surface area contributed by atoms with Crippen LogP contribution in [0.5, 0.6) is 0 Å². The molecule has 3 aromatic carbocycles. The van der Waals surface area contributed by atoms with Crippen molar-refractivity contribution in [1.82, 2.24) is 0 Å². The molecule has 0 aromatic heterocycles. The number of carboxylic acid groups (broad SMARTS) is 1. The third kappa shape index (κ3) is 4.11. The minimum atomic E-state index is -0.738. The molecule has 0 radical (unpaired) electrons. The normalized spacial score (nSPS) is 12.2. The van der Waals surface area contributed by atoms with Crippen molar-refractivity contribution >= 4 is 16.7 Å². The SMILES string of the molecule is CCCCc1cc(-c2ccc3ccccc3c2C(CCC)C(=O)O)ccc1C. The maximum Gasteiger partial charge on any atom is 0.311 e. The zero-order valence-corrected chi connectivity index (χ0v) is 17.2. The van der Waals surface area contributed by atoms with Gasteiger partial charge in [-0.2, -0.15) is 0 Å². The van der Waals surface area contributed by atoms with Crippen LogP contribution in [0.1, 0.15) is 62.1 Å². The fourth-order valence-corrected chi connectivity index (χ4v) is 4.08. The number of rotatable bonds is 8. The Balaban J connectivity index is 2.23. The number of fused-ring (bicyclic) bond motifs is 1. The van der Waals surface area contributed by atoms with Gasteiger partial charge in [-0.25, -0.2) is 0 Å². The smallest absolute Gasteiger partial charge is 0.311 e. The first-order valence-corrected chi connectivity index (χ1v) is 10.4. The molecule has 146 valence electrons. The van der Waals surface area contributed by atoms with Crippen LogP contribution in [0.15, 0.2) is 54.6 Å². The molecular formula is C26H30O2. The highest BCUT2D eigenvalue weighted by Crippen LogP contribution is 2.38. The lowest BCUT2D eigenvalue weighted by molar-refractivity contribution is -0.138. The second-order valence-corrected chi connectivity index (χ2v) is 7.67. The van der Waals surface area contributed by atoms with E-state index in [4.69, 9.17) is 0 Å². The van der Waals surface area contributed by atoms with E-state index in [1.54, 1.807) is 0 Å². The van der Waals surface area contributed by atoms with Gasteiger partial charge in [0.2, 0.25) is 0 Å². The van der Waals surface area contributed by atoms with Crippen molar-refractivity contribution in [2.45, 2.75) is 58.8 Å². The van der Waals surface area contributed by atoms with E-state index in [0.717, 1.165) is 40.3 Å². The monoisotopic (exact) mass is 374 g/mol. The Kier molecular flexibility index (Phi) is 6.51. The Labute approximate surface area is 168 Å². The van der Waals surface area contributed by atoms with Gasteiger partial charge in [0.15, 0.2) is 0 Å². The molecule has 3 rings (SSSR count). The van der Waals surface area contributed by atoms with Gasteiger partial charge >= 0.3 is 5.97 Å². The van der Waals surface area contributed by atoms with Crippen LogP contribution in [0.2, 0.25) is 0 Å². The van der Waals surface area contributed by atoms with E-state index in [-0.39, 0.29) is 0 Å². The molecule has 0 aliphatic heterocycles. The lowest BCUT2D eigenvalue weighted by atomic mass is 9.83. The number of aryl methyl sites for hydroxylation is 2. The highest BCUT2D eigenvalue weighted by Gasteiger charge is 2.25. The summed E-state index contributed by atoms with van der Waals surface area (Å²) in [6.07, 6.45) is 4.89. The lowest BCUT2D eigenvalue weighted by Gasteiger charge is -2.20. The number of carboxylic acids is 1. The Bertz CT molecular complexity index is 971. The molecule has 0 amide bonds. The van der Waals surface area contributed by atoms with E-state index >= 15 is 0 Å². The number of aliphatic carboxylic acids is 1. The van der Waals surface area contributed by atoms with Gasteiger partial charge in [-0.3, -0.25) is 4.79 Å². The van der Waals surface area contributed by atoms with E-state index < -0.39 is 11.9 Å². The molecule has 1 unspecified atom stereocenters. The lowest BCUT2D eigenvalue weighted by Crippen LogP contribution is -2.13. The van der Waals surface area contributed by atoms with Crippen molar-refractivity contribution in [3.63, 3.8) is 0 Å². The van der Waals surface area contributed by atoms with E-state index in [0.29, 0.717) is 6.42 Å². The fourth-order valence-electron chi connectivity index (χ4n) is 4.08. The van der Waals surface area contributed by atoms with Crippen LogP contribution in [0, 0.1) is 6.92 Å². The molecule has 1 atom stereocenters. The highest BCUT2D eigenvalue weighted by atomic mass is 16.4. The van der Waals surface area contributed by atoms with Gasteiger partial charge in [-0.05, 0) is 64.8 Å². The predicted molar refractivity (Wildman–Crippen MR) is 118 cm³/mol. The first kappa shape index (κ1) is 20.1.